The molecule has 0 atom stereocenters. The van der Waals surface area contributed by atoms with E-state index in [1.165, 1.54) is 0 Å². The van der Waals surface area contributed by atoms with Gasteiger partial charge in [-0.3, -0.25) is 4.79 Å². The summed E-state index contributed by atoms with van der Waals surface area (Å²) in [6, 6.07) is 5.56. The second-order valence-electron chi connectivity index (χ2n) is 5.32. The standard InChI is InChI=1S/C9H8BrNO2.C5H11NO2/c10-6-1-2-8-7(5-6)11-9(12)3-4-13-8;1-5(2,3)8-4(6)7/h1-2,5H,3-4H2,(H,11,12);1-3H3,(H2,6,7). The van der Waals surface area contributed by atoms with Crippen LogP contribution in [-0.2, 0) is 9.53 Å². The highest BCUT2D eigenvalue weighted by molar-refractivity contribution is 9.10. The van der Waals surface area contributed by atoms with Crippen LogP contribution in [0, 0.1) is 0 Å². The number of rotatable bonds is 0. The topological polar surface area (TPSA) is 90.7 Å². The molecule has 0 fully saturated rings. The highest BCUT2D eigenvalue weighted by Gasteiger charge is 2.13. The van der Waals surface area contributed by atoms with Gasteiger partial charge in [0.25, 0.3) is 0 Å². The Morgan fingerprint density at radius 2 is 2.10 bits per heavy atom. The lowest BCUT2D eigenvalue weighted by Gasteiger charge is -2.16. The van der Waals surface area contributed by atoms with Crippen LogP contribution in [-0.4, -0.2) is 24.2 Å². The van der Waals surface area contributed by atoms with Crippen molar-refractivity contribution in [3.8, 4) is 5.75 Å². The zero-order valence-corrected chi connectivity index (χ0v) is 13.8. The maximum absolute atomic E-state index is 11.2. The first kappa shape index (κ1) is 17.3. The Morgan fingerprint density at radius 1 is 1.43 bits per heavy atom. The van der Waals surface area contributed by atoms with E-state index >= 15 is 0 Å². The fourth-order valence-corrected chi connectivity index (χ4v) is 1.86. The van der Waals surface area contributed by atoms with Crippen molar-refractivity contribution in [1.29, 1.82) is 0 Å². The average Bonchev–Trinajstić information content (AvgIpc) is 2.46. The molecule has 0 aromatic heterocycles. The maximum atomic E-state index is 11.2. The van der Waals surface area contributed by atoms with Gasteiger partial charge in [-0.25, -0.2) is 4.79 Å². The summed E-state index contributed by atoms with van der Waals surface area (Å²) in [5, 5.41) is 2.77. The Kier molecular flexibility index (Phi) is 6.02. The molecule has 2 amide bonds. The number of carbonyl (C=O) groups excluding carboxylic acids is 2. The minimum Gasteiger partial charge on any atom is -0.491 e. The highest BCUT2D eigenvalue weighted by Crippen LogP contribution is 2.29. The normalized spacial score (nSPS) is 13.6. The molecule has 0 saturated heterocycles. The maximum Gasteiger partial charge on any atom is 0.405 e. The minimum absolute atomic E-state index is 0.00292. The highest BCUT2D eigenvalue weighted by atomic mass is 79.9. The number of hydrogen-bond acceptors (Lipinski definition) is 4. The lowest BCUT2D eigenvalue weighted by atomic mass is 10.2. The number of ether oxygens (including phenoxy) is 2. The van der Waals surface area contributed by atoms with Gasteiger partial charge in [-0.05, 0) is 39.0 Å². The average molecular weight is 359 g/mol. The first-order valence-corrected chi connectivity index (χ1v) is 7.17. The second-order valence-corrected chi connectivity index (χ2v) is 6.24. The molecule has 7 heteroatoms. The van der Waals surface area contributed by atoms with Gasteiger partial charge < -0.3 is 20.5 Å². The first-order chi connectivity index (χ1) is 9.67. The summed E-state index contributed by atoms with van der Waals surface area (Å²) in [4.78, 5) is 21.2. The molecule has 2 rings (SSSR count). The van der Waals surface area contributed by atoms with Crippen LogP contribution in [0.5, 0.6) is 5.75 Å². The van der Waals surface area contributed by atoms with Crippen LogP contribution in [0.15, 0.2) is 22.7 Å². The van der Waals surface area contributed by atoms with Gasteiger partial charge in [-0.2, -0.15) is 0 Å². The fraction of sp³-hybridized carbons (Fsp3) is 0.429. The molecule has 1 aliphatic heterocycles. The number of anilines is 1. The monoisotopic (exact) mass is 358 g/mol. The van der Waals surface area contributed by atoms with Crippen LogP contribution in [0.3, 0.4) is 0 Å². The molecule has 21 heavy (non-hydrogen) atoms. The summed E-state index contributed by atoms with van der Waals surface area (Å²) in [7, 11) is 0. The number of nitrogens with one attached hydrogen (secondary N) is 1. The SMILES string of the molecule is CC(C)(C)OC(N)=O.O=C1CCOc2ccc(Br)cc2N1. The quantitative estimate of drug-likeness (QED) is 0.745. The van der Waals surface area contributed by atoms with Gasteiger partial charge in [-0.15, -0.1) is 0 Å². The Bertz CT molecular complexity index is 526. The van der Waals surface area contributed by atoms with E-state index in [1.807, 2.05) is 18.2 Å². The van der Waals surface area contributed by atoms with E-state index in [0.29, 0.717) is 13.0 Å². The minimum atomic E-state index is -0.725. The molecule has 116 valence electrons. The summed E-state index contributed by atoms with van der Waals surface area (Å²) in [6.45, 7) is 5.73. The van der Waals surface area contributed by atoms with Gasteiger partial charge in [0.05, 0.1) is 18.7 Å². The van der Waals surface area contributed by atoms with Crippen molar-refractivity contribution in [3.63, 3.8) is 0 Å². The molecule has 0 bridgehead atoms. The zero-order valence-electron chi connectivity index (χ0n) is 12.2. The smallest absolute Gasteiger partial charge is 0.405 e. The lowest BCUT2D eigenvalue weighted by molar-refractivity contribution is -0.116. The molecule has 6 nitrogen and oxygen atoms in total. The number of amides is 2. The third kappa shape index (κ3) is 6.99. The summed E-state index contributed by atoms with van der Waals surface area (Å²) in [5.41, 5.74) is 5.00. The van der Waals surface area contributed by atoms with Crippen molar-refractivity contribution < 1.29 is 19.1 Å². The largest absolute Gasteiger partial charge is 0.491 e. The fourth-order valence-electron chi connectivity index (χ4n) is 1.49. The van der Waals surface area contributed by atoms with Crippen molar-refractivity contribution in [1.82, 2.24) is 0 Å². The molecule has 0 radical (unpaired) electrons. The molecule has 3 N–H and O–H groups in total. The molecule has 1 aliphatic rings. The van der Waals surface area contributed by atoms with Crippen LogP contribution in [0.1, 0.15) is 27.2 Å². The third-order valence-electron chi connectivity index (χ3n) is 2.21. The van der Waals surface area contributed by atoms with Gasteiger partial charge in [-0.1, -0.05) is 15.9 Å². The van der Waals surface area contributed by atoms with Crippen LogP contribution in [0.25, 0.3) is 0 Å². The molecule has 1 heterocycles. The van der Waals surface area contributed by atoms with E-state index in [9.17, 15) is 9.59 Å². The van der Waals surface area contributed by atoms with Crippen LogP contribution < -0.4 is 15.8 Å². The Hall–Kier alpha value is -1.76. The Morgan fingerprint density at radius 3 is 2.62 bits per heavy atom. The molecule has 1 aromatic rings. The van der Waals surface area contributed by atoms with Gasteiger partial charge in [0.2, 0.25) is 5.91 Å². The number of halogens is 1. The molecule has 0 spiro atoms. The zero-order chi connectivity index (χ0) is 16.0. The second kappa shape index (κ2) is 7.31. The number of hydrogen-bond donors (Lipinski definition) is 2. The van der Waals surface area contributed by atoms with Crippen molar-refractivity contribution in [3.05, 3.63) is 22.7 Å². The Balaban J connectivity index is 0.000000240. The Labute approximate surface area is 132 Å². The van der Waals surface area contributed by atoms with Gasteiger partial charge >= 0.3 is 6.09 Å². The van der Waals surface area contributed by atoms with Gasteiger partial charge in [0.1, 0.15) is 11.4 Å². The molecular weight excluding hydrogens is 340 g/mol. The first-order valence-electron chi connectivity index (χ1n) is 6.38. The van der Waals surface area contributed by atoms with E-state index < -0.39 is 11.7 Å². The number of fused-ring (bicyclic) bond motifs is 1. The van der Waals surface area contributed by atoms with Crippen molar-refractivity contribution in [2.75, 3.05) is 11.9 Å². The van der Waals surface area contributed by atoms with Gasteiger partial charge in [0, 0.05) is 4.47 Å². The van der Waals surface area contributed by atoms with Crippen LogP contribution in [0.4, 0.5) is 10.5 Å². The van der Waals surface area contributed by atoms with E-state index in [1.54, 1.807) is 20.8 Å². The third-order valence-corrected chi connectivity index (χ3v) is 2.70. The summed E-state index contributed by atoms with van der Waals surface area (Å²) in [6.07, 6.45) is -0.316. The van der Waals surface area contributed by atoms with Crippen molar-refractivity contribution in [2.24, 2.45) is 5.73 Å². The number of primary amides is 1. The molecule has 1 aromatic carbocycles. The van der Waals surface area contributed by atoms with E-state index in [4.69, 9.17) is 10.5 Å². The van der Waals surface area contributed by atoms with Gasteiger partial charge in [0.15, 0.2) is 0 Å². The number of benzene rings is 1. The summed E-state index contributed by atoms with van der Waals surface area (Å²) < 4.78 is 10.9. The molecule has 0 unspecified atom stereocenters. The van der Waals surface area contributed by atoms with Crippen molar-refractivity contribution >= 4 is 33.6 Å². The number of carbonyl (C=O) groups is 2. The van der Waals surface area contributed by atoms with E-state index in [0.717, 1.165) is 15.9 Å². The lowest BCUT2D eigenvalue weighted by Crippen LogP contribution is -2.27. The van der Waals surface area contributed by atoms with Crippen LogP contribution in [0.2, 0.25) is 0 Å². The number of nitrogens with two attached hydrogens (primary N) is 1. The molecule has 0 saturated carbocycles. The predicted octanol–water partition coefficient (Wildman–Crippen LogP) is 3.05. The van der Waals surface area contributed by atoms with E-state index in [2.05, 4.69) is 26.0 Å². The molecule has 0 aliphatic carbocycles. The van der Waals surface area contributed by atoms with Crippen molar-refractivity contribution in [2.45, 2.75) is 32.8 Å². The molecular formula is C14H19BrN2O4. The van der Waals surface area contributed by atoms with E-state index in [-0.39, 0.29) is 5.91 Å². The predicted molar refractivity (Wildman–Crippen MR) is 83.3 cm³/mol. The summed E-state index contributed by atoms with van der Waals surface area (Å²) in [5.74, 6) is 0.728. The summed E-state index contributed by atoms with van der Waals surface area (Å²) >= 11 is 3.33. The van der Waals surface area contributed by atoms with Crippen LogP contribution >= 0.6 is 15.9 Å².